The SMILES string of the molecule is O=C(O)CC1(NC(=O)c2ccc3nc[nH]c3c2)CCCC1. The fourth-order valence-electron chi connectivity index (χ4n) is 3.08. The first-order chi connectivity index (χ1) is 10.1. The molecule has 0 spiro atoms. The van der Waals surface area contributed by atoms with Crippen molar-refractivity contribution < 1.29 is 14.7 Å². The number of carboxylic acid groups (broad SMARTS) is 1. The number of aromatic amines is 1. The van der Waals surface area contributed by atoms with Crippen LogP contribution in [0.5, 0.6) is 0 Å². The van der Waals surface area contributed by atoms with Gasteiger partial charge >= 0.3 is 5.97 Å². The van der Waals surface area contributed by atoms with Gasteiger partial charge in [0.15, 0.2) is 0 Å². The van der Waals surface area contributed by atoms with E-state index in [1.165, 1.54) is 0 Å². The molecule has 1 heterocycles. The Balaban J connectivity index is 1.81. The van der Waals surface area contributed by atoms with Crippen LogP contribution >= 0.6 is 0 Å². The van der Waals surface area contributed by atoms with Crippen LogP contribution in [0.3, 0.4) is 0 Å². The molecule has 1 aromatic carbocycles. The smallest absolute Gasteiger partial charge is 0.305 e. The Morgan fingerprint density at radius 3 is 2.81 bits per heavy atom. The van der Waals surface area contributed by atoms with Gasteiger partial charge in [0.25, 0.3) is 5.91 Å². The van der Waals surface area contributed by atoms with E-state index in [1.54, 1.807) is 24.5 Å². The van der Waals surface area contributed by atoms with E-state index >= 15 is 0 Å². The molecule has 1 saturated carbocycles. The third-order valence-electron chi connectivity index (χ3n) is 4.11. The molecule has 1 aliphatic rings. The zero-order valence-corrected chi connectivity index (χ0v) is 11.6. The highest BCUT2D eigenvalue weighted by Crippen LogP contribution is 2.33. The number of carbonyl (C=O) groups excluding carboxylic acids is 1. The van der Waals surface area contributed by atoms with Gasteiger partial charge in [0.05, 0.1) is 29.3 Å². The lowest BCUT2D eigenvalue weighted by Crippen LogP contribution is -2.47. The number of rotatable bonds is 4. The van der Waals surface area contributed by atoms with Crippen LogP contribution in [0, 0.1) is 0 Å². The Morgan fingerprint density at radius 2 is 2.10 bits per heavy atom. The van der Waals surface area contributed by atoms with Crippen molar-refractivity contribution in [3.8, 4) is 0 Å². The van der Waals surface area contributed by atoms with Gasteiger partial charge in [-0.1, -0.05) is 12.8 Å². The fraction of sp³-hybridized carbons (Fsp3) is 0.400. The minimum absolute atomic E-state index is 0.0228. The molecule has 110 valence electrons. The molecule has 3 N–H and O–H groups in total. The van der Waals surface area contributed by atoms with E-state index in [0.717, 1.165) is 36.7 Å². The second kappa shape index (κ2) is 5.20. The average molecular weight is 287 g/mol. The number of amides is 1. The van der Waals surface area contributed by atoms with E-state index in [9.17, 15) is 9.59 Å². The van der Waals surface area contributed by atoms with Crippen molar-refractivity contribution in [3.05, 3.63) is 30.1 Å². The Bertz CT molecular complexity index is 686. The number of aromatic nitrogens is 2. The summed E-state index contributed by atoms with van der Waals surface area (Å²) < 4.78 is 0. The maximum atomic E-state index is 12.4. The molecule has 1 amide bonds. The van der Waals surface area contributed by atoms with Crippen molar-refractivity contribution in [3.63, 3.8) is 0 Å². The molecule has 0 saturated heterocycles. The van der Waals surface area contributed by atoms with E-state index < -0.39 is 11.5 Å². The van der Waals surface area contributed by atoms with Crippen LogP contribution in [0.25, 0.3) is 11.0 Å². The number of benzene rings is 1. The normalized spacial score (nSPS) is 17.0. The summed E-state index contributed by atoms with van der Waals surface area (Å²) in [5.41, 5.74) is 1.50. The maximum Gasteiger partial charge on any atom is 0.305 e. The number of hydrogen-bond donors (Lipinski definition) is 3. The van der Waals surface area contributed by atoms with Crippen LogP contribution in [0.1, 0.15) is 42.5 Å². The molecule has 2 aromatic rings. The standard InChI is InChI=1S/C15H17N3O3/c19-13(20)8-15(5-1-2-6-15)18-14(21)10-3-4-11-12(7-10)17-9-16-11/h3-4,7,9H,1-2,5-6,8H2,(H,16,17)(H,18,21)(H,19,20). The van der Waals surface area contributed by atoms with Gasteiger partial charge in [-0.25, -0.2) is 4.98 Å². The monoisotopic (exact) mass is 287 g/mol. The Hall–Kier alpha value is -2.37. The minimum Gasteiger partial charge on any atom is -0.481 e. The van der Waals surface area contributed by atoms with Gasteiger partial charge in [0.2, 0.25) is 0 Å². The number of imidazole rings is 1. The molecule has 6 nitrogen and oxygen atoms in total. The molecular weight excluding hydrogens is 270 g/mol. The van der Waals surface area contributed by atoms with Crippen molar-refractivity contribution >= 4 is 22.9 Å². The van der Waals surface area contributed by atoms with E-state index in [-0.39, 0.29) is 12.3 Å². The van der Waals surface area contributed by atoms with Crippen molar-refractivity contribution in [1.82, 2.24) is 15.3 Å². The van der Waals surface area contributed by atoms with Crippen LogP contribution in [-0.2, 0) is 4.79 Å². The lowest BCUT2D eigenvalue weighted by molar-refractivity contribution is -0.138. The first kappa shape index (κ1) is 13.6. The first-order valence-electron chi connectivity index (χ1n) is 7.05. The third kappa shape index (κ3) is 2.74. The summed E-state index contributed by atoms with van der Waals surface area (Å²) in [5.74, 6) is -1.10. The second-order valence-corrected chi connectivity index (χ2v) is 5.65. The van der Waals surface area contributed by atoms with Crippen LogP contribution in [0.4, 0.5) is 0 Å². The summed E-state index contributed by atoms with van der Waals surface area (Å²) in [6.45, 7) is 0. The summed E-state index contributed by atoms with van der Waals surface area (Å²) in [4.78, 5) is 30.5. The molecule has 0 atom stereocenters. The van der Waals surface area contributed by atoms with Crippen LogP contribution in [0.15, 0.2) is 24.5 Å². The summed E-state index contributed by atoms with van der Waals surface area (Å²) in [7, 11) is 0. The topological polar surface area (TPSA) is 95.1 Å². The molecular formula is C15H17N3O3. The highest BCUT2D eigenvalue weighted by Gasteiger charge is 2.37. The molecule has 6 heteroatoms. The van der Waals surface area contributed by atoms with E-state index in [1.807, 2.05) is 0 Å². The predicted molar refractivity (Wildman–Crippen MR) is 77.0 cm³/mol. The molecule has 1 aliphatic carbocycles. The zero-order chi connectivity index (χ0) is 14.9. The van der Waals surface area contributed by atoms with Gasteiger partial charge in [-0.2, -0.15) is 0 Å². The largest absolute Gasteiger partial charge is 0.481 e. The van der Waals surface area contributed by atoms with Crippen molar-refractivity contribution in [2.75, 3.05) is 0 Å². The molecule has 21 heavy (non-hydrogen) atoms. The quantitative estimate of drug-likeness (QED) is 0.802. The van der Waals surface area contributed by atoms with Crippen LogP contribution in [-0.4, -0.2) is 32.5 Å². The predicted octanol–water partition coefficient (Wildman–Crippen LogP) is 2.08. The molecule has 0 bridgehead atoms. The number of carboxylic acids is 1. The van der Waals surface area contributed by atoms with Gasteiger partial charge in [-0.15, -0.1) is 0 Å². The van der Waals surface area contributed by atoms with Crippen molar-refractivity contribution in [2.24, 2.45) is 0 Å². The number of aliphatic carboxylic acids is 1. The highest BCUT2D eigenvalue weighted by atomic mass is 16.4. The lowest BCUT2D eigenvalue weighted by Gasteiger charge is -2.28. The van der Waals surface area contributed by atoms with Crippen molar-refractivity contribution in [2.45, 2.75) is 37.6 Å². The van der Waals surface area contributed by atoms with E-state index in [2.05, 4.69) is 15.3 Å². The Morgan fingerprint density at radius 1 is 1.33 bits per heavy atom. The number of fused-ring (bicyclic) bond motifs is 1. The fourth-order valence-corrected chi connectivity index (χ4v) is 3.08. The van der Waals surface area contributed by atoms with Gasteiger partial charge in [-0.05, 0) is 31.0 Å². The summed E-state index contributed by atoms with van der Waals surface area (Å²) in [6.07, 6.45) is 4.90. The molecule has 3 rings (SSSR count). The molecule has 1 aromatic heterocycles. The van der Waals surface area contributed by atoms with E-state index in [4.69, 9.17) is 5.11 Å². The number of H-pyrrole nitrogens is 1. The van der Waals surface area contributed by atoms with Crippen LogP contribution in [0.2, 0.25) is 0 Å². The van der Waals surface area contributed by atoms with Gasteiger partial charge in [-0.3, -0.25) is 9.59 Å². The third-order valence-corrected chi connectivity index (χ3v) is 4.11. The summed E-state index contributed by atoms with van der Waals surface area (Å²) in [5, 5.41) is 12.0. The van der Waals surface area contributed by atoms with Crippen LogP contribution < -0.4 is 5.32 Å². The highest BCUT2D eigenvalue weighted by molar-refractivity contribution is 5.98. The maximum absolute atomic E-state index is 12.4. The number of carbonyl (C=O) groups is 2. The number of nitrogens with one attached hydrogen (secondary N) is 2. The van der Waals surface area contributed by atoms with Gasteiger partial charge < -0.3 is 15.4 Å². The number of hydrogen-bond acceptors (Lipinski definition) is 3. The van der Waals surface area contributed by atoms with Gasteiger partial charge in [0.1, 0.15) is 0 Å². The Labute approximate surface area is 121 Å². The van der Waals surface area contributed by atoms with E-state index in [0.29, 0.717) is 5.56 Å². The molecule has 0 aliphatic heterocycles. The summed E-state index contributed by atoms with van der Waals surface area (Å²) >= 11 is 0. The van der Waals surface area contributed by atoms with Crippen molar-refractivity contribution in [1.29, 1.82) is 0 Å². The first-order valence-corrected chi connectivity index (χ1v) is 7.05. The minimum atomic E-state index is -0.874. The molecule has 0 unspecified atom stereocenters. The Kier molecular flexibility index (Phi) is 3.37. The molecule has 1 fully saturated rings. The number of nitrogens with zero attached hydrogens (tertiary/aromatic N) is 1. The lowest BCUT2D eigenvalue weighted by atomic mass is 9.92. The zero-order valence-electron chi connectivity index (χ0n) is 11.6. The average Bonchev–Trinajstić information content (AvgIpc) is 3.06. The van der Waals surface area contributed by atoms with Gasteiger partial charge in [0, 0.05) is 5.56 Å². The second-order valence-electron chi connectivity index (χ2n) is 5.65. The summed E-state index contributed by atoms with van der Waals surface area (Å²) in [6, 6.07) is 5.22. The molecule has 0 radical (unpaired) electrons.